The van der Waals surface area contributed by atoms with Crippen molar-refractivity contribution in [2.24, 2.45) is 0 Å². The van der Waals surface area contributed by atoms with E-state index in [-0.39, 0.29) is 17.9 Å². The minimum absolute atomic E-state index is 0.0482. The van der Waals surface area contributed by atoms with Crippen LogP contribution in [0.15, 0.2) is 48.5 Å². The first-order chi connectivity index (χ1) is 12.8. The Balaban J connectivity index is 1.48. The number of carbonyl (C=O) groups excluding carboxylic acids is 1. The maximum atomic E-state index is 12.3. The van der Waals surface area contributed by atoms with Gasteiger partial charge in [0.2, 0.25) is 5.91 Å². The Kier molecular flexibility index (Phi) is 5.49. The van der Waals surface area contributed by atoms with Crippen molar-refractivity contribution in [3.05, 3.63) is 59.9 Å². The van der Waals surface area contributed by atoms with Crippen molar-refractivity contribution in [3.63, 3.8) is 0 Å². The summed E-state index contributed by atoms with van der Waals surface area (Å²) in [6.07, 6.45) is 0. The Bertz CT molecular complexity index is 921. The van der Waals surface area contributed by atoms with Crippen LogP contribution in [0, 0.1) is 6.92 Å². The molecule has 0 aliphatic carbocycles. The van der Waals surface area contributed by atoms with Crippen molar-refractivity contribution in [1.29, 1.82) is 0 Å². The number of benzene rings is 2. The number of nitrogens with zero attached hydrogens (tertiary/aromatic N) is 2. The lowest BCUT2D eigenvalue weighted by Gasteiger charge is -2.19. The number of nitrogens with one attached hydrogen (secondary N) is 1. The van der Waals surface area contributed by atoms with E-state index in [0.717, 1.165) is 22.6 Å². The lowest BCUT2D eigenvalue weighted by molar-refractivity contribution is -0.121. The number of carbonyl (C=O) groups is 1. The molecule has 0 radical (unpaired) electrons. The van der Waals surface area contributed by atoms with Gasteiger partial charge >= 0.3 is 0 Å². The highest BCUT2D eigenvalue weighted by molar-refractivity contribution is 5.81. The molecule has 0 bridgehead atoms. The third-order valence-electron chi connectivity index (χ3n) is 4.56. The van der Waals surface area contributed by atoms with Crippen LogP contribution in [-0.2, 0) is 16.8 Å². The Morgan fingerprint density at radius 1 is 1.11 bits per heavy atom. The zero-order chi connectivity index (χ0) is 19.4. The average molecular weight is 365 g/mol. The van der Waals surface area contributed by atoms with Gasteiger partial charge in [-0.15, -0.1) is 0 Å². The number of imidazole rings is 1. The van der Waals surface area contributed by atoms with E-state index in [9.17, 15) is 4.79 Å². The first-order valence-corrected chi connectivity index (χ1v) is 9.26. The van der Waals surface area contributed by atoms with Gasteiger partial charge in [-0.25, -0.2) is 4.98 Å². The summed E-state index contributed by atoms with van der Waals surface area (Å²) in [5, 5.41) is 2.91. The van der Waals surface area contributed by atoms with Gasteiger partial charge in [0.25, 0.3) is 0 Å². The molecule has 0 saturated carbocycles. The standard InChI is InChI=1S/C22H27N3O2/c1-16-24-19-7-5-6-8-20(19)25(16)15-21(26)23-13-14-27-18-11-9-17(10-12-18)22(2,3)4/h5-12H,13-15H2,1-4H3,(H,23,26). The predicted molar refractivity (Wildman–Crippen MR) is 108 cm³/mol. The number of hydrogen-bond acceptors (Lipinski definition) is 3. The third kappa shape index (κ3) is 4.67. The van der Waals surface area contributed by atoms with Gasteiger partial charge in [0, 0.05) is 0 Å². The van der Waals surface area contributed by atoms with Crippen molar-refractivity contribution >= 4 is 16.9 Å². The van der Waals surface area contributed by atoms with Crippen LogP contribution in [0.1, 0.15) is 32.2 Å². The van der Waals surface area contributed by atoms with E-state index in [1.807, 2.05) is 47.9 Å². The summed E-state index contributed by atoms with van der Waals surface area (Å²) in [5.74, 6) is 1.60. The largest absolute Gasteiger partial charge is 0.492 e. The van der Waals surface area contributed by atoms with Crippen LogP contribution in [0.5, 0.6) is 5.75 Å². The fraction of sp³-hybridized carbons (Fsp3) is 0.364. The number of aryl methyl sites for hydroxylation is 1. The smallest absolute Gasteiger partial charge is 0.240 e. The third-order valence-corrected chi connectivity index (χ3v) is 4.56. The van der Waals surface area contributed by atoms with E-state index in [2.05, 4.69) is 43.2 Å². The van der Waals surface area contributed by atoms with Gasteiger partial charge in [-0.05, 0) is 42.2 Å². The lowest BCUT2D eigenvalue weighted by atomic mass is 9.87. The molecule has 5 heteroatoms. The first-order valence-electron chi connectivity index (χ1n) is 9.26. The van der Waals surface area contributed by atoms with Crippen LogP contribution in [0.2, 0.25) is 0 Å². The molecule has 1 N–H and O–H groups in total. The molecule has 142 valence electrons. The van der Waals surface area contributed by atoms with Gasteiger partial charge in [0.05, 0.1) is 17.6 Å². The van der Waals surface area contributed by atoms with Crippen molar-refractivity contribution in [2.75, 3.05) is 13.2 Å². The molecule has 0 aliphatic heterocycles. The number of fused-ring (bicyclic) bond motifs is 1. The number of rotatable bonds is 6. The maximum Gasteiger partial charge on any atom is 0.240 e. The van der Waals surface area contributed by atoms with Crippen LogP contribution in [0.3, 0.4) is 0 Å². The SMILES string of the molecule is Cc1nc2ccccc2n1CC(=O)NCCOc1ccc(C(C)(C)C)cc1. The van der Waals surface area contributed by atoms with Crippen molar-refractivity contribution in [1.82, 2.24) is 14.9 Å². The molecule has 0 spiro atoms. The maximum absolute atomic E-state index is 12.3. The topological polar surface area (TPSA) is 56.2 Å². The van der Waals surface area contributed by atoms with Gasteiger partial charge in [-0.1, -0.05) is 45.0 Å². The molecule has 0 atom stereocenters. The summed E-state index contributed by atoms with van der Waals surface area (Å²) < 4.78 is 7.65. The molecule has 1 heterocycles. The van der Waals surface area contributed by atoms with E-state index in [0.29, 0.717) is 13.2 Å². The zero-order valence-electron chi connectivity index (χ0n) is 16.5. The minimum atomic E-state index is -0.0482. The van der Waals surface area contributed by atoms with Crippen molar-refractivity contribution in [2.45, 2.75) is 39.7 Å². The van der Waals surface area contributed by atoms with Gasteiger partial charge in [-0.3, -0.25) is 4.79 Å². The van der Waals surface area contributed by atoms with Crippen LogP contribution in [-0.4, -0.2) is 28.6 Å². The van der Waals surface area contributed by atoms with E-state index in [1.54, 1.807) is 0 Å². The summed E-state index contributed by atoms with van der Waals surface area (Å²) in [6.45, 7) is 9.62. The fourth-order valence-corrected chi connectivity index (χ4v) is 3.01. The minimum Gasteiger partial charge on any atom is -0.492 e. The number of aromatic nitrogens is 2. The highest BCUT2D eigenvalue weighted by Gasteiger charge is 2.13. The molecule has 27 heavy (non-hydrogen) atoms. The molecule has 3 aromatic rings. The fourth-order valence-electron chi connectivity index (χ4n) is 3.01. The number of ether oxygens (including phenoxy) is 1. The second-order valence-electron chi connectivity index (χ2n) is 7.71. The van der Waals surface area contributed by atoms with Crippen molar-refractivity contribution < 1.29 is 9.53 Å². The molecule has 0 fully saturated rings. The Hall–Kier alpha value is -2.82. The molecular weight excluding hydrogens is 338 g/mol. The van der Waals surface area contributed by atoms with Crippen LogP contribution >= 0.6 is 0 Å². The van der Waals surface area contributed by atoms with Gasteiger partial charge in [-0.2, -0.15) is 0 Å². The van der Waals surface area contributed by atoms with E-state index < -0.39 is 0 Å². The molecule has 0 aliphatic rings. The van der Waals surface area contributed by atoms with Crippen molar-refractivity contribution in [3.8, 4) is 5.75 Å². The summed E-state index contributed by atoms with van der Waals surface area (Å²) in [4.78, 5) is 16.7. The molecule has 1 aromatic heterocycles. The molecule has 2 aromatic carbocycles. The first kappa shape index (κ1) is 19.0. The van der Waals surface area contributed by atoms with Gasteiger partial charge < -0.3 is 14.6 Å². The summed E-state index contributed by atoms with van der Waals surface area (Å²) >= 11 is 0. The lowest BCUT2D eigenvalue weighted by Crippen LogP contribution is -2.31. The Labute approximate surface area is 160 Å². The van der Waals surface area contributed by atoms with Gasteiger partial charge in [0.1, 0.15) is 24.7 Å². The highest BCUT2D eigenvalue weighted by atomic mass is 16.5. The second-order valence-corrected chi connectivity index (χ2v) is 7.71. The molecular formula is C22H27N3O2. The van der Waals surface area contributed by atoms with Crippen LogP contribution in [0.4, 0.5) is 0 Å². The summed E-state index contributed by atoms with van der Waals surface area (Å²) in [7, 11) is 0. The molecule has 1 amide bonds. The molecule has 0 saturated heterocycles. The zero-order valence-corrected chi connectivity index (χ0v) is 16.5. The number of para-hydroxylation sites is 2. The highest BCUT2D eigenvalue weighted by Crippen LogP contribution is 2.24. The molecule has 3 rings (SSSR count). The predicted octanol–water partition coefficient (Wildman–Crippen LogP) is 3.84. The van der Waals surface area contributed by atoms with E-state index >= 15 is 0 Å². The average Bonchev–Trinajstić information content (AvgIpc) is 2.94. The van der Waals surface area contributed by atoms with E-state index in [4.69, 9.17) is 4.74 Å². The molecule has 0 unspecified atom stereocenters. The van der Waals surface area contributed by atoms with Crippen LogP contribution < -0.4 is 10.1 Å². The second kappa shape index (κ2) is 7.82. The normalized spacial score (nSPS) is 11.6. The number of hydrogen-bond donors (Lipinski definition) is 1. The van der Waals surface area contributed by atoms with Gasteiger partial charge in [0.15, 0.2) is 0 Å². The summed E-state index contributed by atoms with van der Waals surface area (Å²) in [6, 6.07) is 16.0. The number of amides is 1. The Morgan fingerprint density at radius 2 is 1.81 bits per heavy atom. The van der Waals surface area contributed by atoms with Crippen LogP contribution in [0.25, 0.3) is 11.0 Å². The quantitative estimate of drug-likeness (QED) is 0.675. The van der Waals surface area contributed by atoms with E-state index in [1.165, 1.54) is 5.56 Å². The monoisotopic (exact) mass is 365 g/mol. The Morgan fingerprint density at radius 3 is 2.52 bits per heavy atom. The molecule has 5 nitrogen and oxygen atoms in total. The summed E-state index contributed by atoms with van der Waals surface area (Å²) in [5.41, 5.74) is 3.28.